The highest BCUT2D eigenvalue weighted by Crippen LogP contribution is 2.25. The molecule has 1 aliphatic rings. The molecule has 0 amide bonds. The second kappa shape index (κ2) is 8.03. The highest BCUT2D eigenvalue weighted by molar-refractivity contribution is 8.00. The van der Waals surface area contributed by atoms with E-state index in [0.29, 0.717) is 30.7 Å². The molecule has 0 spiro atoms. The molecule has 1 heterocycles. The zero-order valence-electron chi connectivity index (χ0n) is 12.0. The number of benzene rings is 1. The Morgan fingerprint density at radius 3 is 2.71 bits per heavy atom. The first-order valence-corrected chi connectivity index (χ1v) is 9.69. The average Bonchev–Trinajstić information content (AvgIpc) is 3.00. The van der Waals surface area contributed by atoms with Gasteiger partial charge >= 0.3 is 0 Å². The SMILES string of the molecule is NCCCOc1ccc(S(=O)(=O)NCC2CCCS2)cc1. The number of nitrogens with one attached hydrogen (secondary N) is 1. The summed E-state index contributed by atoms with van der Waals surface area (Å²) >= 11 is 1.83. The summed E-state index contributed by atoms with van der Waals surface area (Å²) in [5.74, 6) is 1.79. The van der Waals surface area contributed by atoms with Crippen molar-refractivity contribution in [1.29, 1.82) is 0 Å². The molecule has 2 rings (SSSR count). The van der Waals surface area contributed by atoms with E-state index in [1.165, 1.54) is 6.42 Å². The Morgan fingerprint density at radius 1 is 1.33 bits per heavy atom. The maximum absolute atomic E-state index is 12.2. The fourth-order valence-corrected chi connectivity index (χ4v) is 4.47. The molecule has 118 valence electrons. The summed E-state index contributed by atoms with van der Waals surface area (Å²) < 4.78 is 32.5. The predicted molar refractivity (Wildman–Crippen MR) is 86.3 cm³/mol. The molecular formula is C14H22N2O3S2. The van der Waals surface area contributed by atoms with Crippen LogP contribution in [0.15, 0.2) is 29.2 Å². The van der Waals surface area contributed by atoms with Crippen molar-refractivity contribution >= 4 is 21.8 Å². The number of ether oxygens (including phenoxy) is 1. The Labute approximate surface area is 130 Å². The van der Waals surface area contributed by atoms with E-state index in [2.05, 4.69) is 4.72 Å². The van der Waals surface area contributed by atoms with Gasteiger partial charge in [0.1, 0.15) is 5.75 Å². The Hall–Kier alpha value is -0.760. The van der Waals surface area contributed by atoms with Crippen LogP contribution >= 0.6 is 11.8 Å². The molecule has 3 N–H and O–H groups in total. The van der Waals surface area contributed by atoms with Crippen LogP contribution in [0.5, 0.6) is 5.75 Å². The van der Waals surface area contributed by atoms with E-state index in [1.54, 1.807) is 24.3 Å². The fraction of sp³-hybridized carbons (Fsp3) is 0.571. The third-order valence-electron chi connectivity index (χ3n) is 3.28. The standard InChI is InChI=1S/C14H22N2O3S2/c15-8-2-9-19-12-4-6-14(7-5-12)21(17,18)16-11-13-3-1-10-20-13/h4-7,13,16H,1-3,8-11,15H2. The van der Waals surface area contributed by atoms with E-state index in [9.17, 15) is 8.42 Å². The van der Waals surface area contributed by atoms with E-state index >= 15 is 0 Å². The quantitative estimate of drug-likeness (QED) is 0.708. The van der Waals surface area contributed by atoms with Crippen LogP contribution in [0.2, 0.25) is 0 Å². The largest absolute Gasteiger partial charge is 0.494 e. The van der Waals surface area contributed by atoms with E-state index in [4.69, 9.17) is 10.5 Å². The van der Waals surface area contributed by atoms with Gasteiger partial charge in [-0.3, -0.25) is 0 Å². The van der Waals surface area contributed by atoms with Crippen LogP contribution < -0.4 is 15.2 Å². The lowest BCUT2D eigenvalue weighted by molar-refractivity contribution is 0.313. The van der Waals surface area contributed by atoms with Gasteiger partial charge in [0.25, 0.3) is 0 Å². The van der Waals surface area contributed by atoms with Gasteiger partial charge in [0.05, 0.1) is 11.5 Å². The summed E-state index contributed by atoms with van der Waals surface area (Å²) in [5.41, 5.74) is 5.39. The first kappa shape index (κ1) is 16.6. The van der Waals surface area contributed by atoms with E-state index < -0.39 is 10.0 Å². The molecule has 0 saturated carbocycles. The molecule has 5 nitrogen and oxygen atoms in total. The first-order valence-electron chi connectivity index (χ1n) is 7.16. The van der Waals surface area contributed by atoms with Gasteiger partial charge in [0.2, 0.25) is 10.0 Å². The molecule has 1 atom stereocenters. The lowest BCUT2D eigenvalue weighted by Gasteiger charge is -2.11. The number of hydrogen-bond donors (Lipinski definition) is 2. The fourth-order valence-electron chi connectivity index (χ4n) is 2.08. The number of hydrogen-bond acceptors (Lipinski definition) is 5. The highest BCUT2D eigenvalue weighted by atomic mass is 32.2. The molecule has 1 fully saturated rings. The van der Waals surface area contributed by atoms with Crippen molar-refractivity contribution < 1.29 is 13.2 Å². The van der Waals surface area contributed by atoms with Crippen LogP contribution in [0.1, 0.15) is 19.3 Å². The molecule has 0 bridgehead atoms. The van der Waals surface area contributed by atoms with Crippen LogP contribution in [0.3, 0.4) is 0 Å². The third kappa shape index (κ3) is 5.18. The van der Waals surface area contributed by atoms with Crippen molar-refractivity contribution in [3.05, 3.63) is 24.3 Å². The summed E-state index contributed by atoms with van der Waals surface area (Å²) in [6, 6.07) is 6.49. The third-order valence-corrected chi connectivity index (χ3v) is 6.11. The minimum Gasteiger partial charge on any atom is -0.494 e. The summed E-state index contributed by atoms with van der Waals surface area (Å²) in [6.07, 6.45) is 3.04. The normalized spacial score (nSPS) is 18.8. The zero-order chi connectivity index (χ0) is 15.1. The Bertz CT molecular complexity index is 526. The number of thioether (sulfide) groups is 1. The lowest BCUT2D eigenvalue weighted by Crippen LogP contribution is -2.29. The molecule has 1 aromatic rings. The predicted octanol–water partition coefficient (Wildman–Crippen LogP) is 1.59. The molecule has 0 aromatic heterocycles. The highest BCUT2D eigenvalue weighted by Gasteiger charge is 2.20. The van der Waals surface area contributed by atoms with Gasteiger partial charge in [-0.2, -0.15) is 11.8 Å². The molecule has 0 radical (unpaired) electrons. The molecule has 1 aromatic carbocycles. The summed E-state index contributed by atoms with van der Waals surface area (Å²) in [4.78, 5) is 0.275. The minimum absolute atomic E-state index is 0.275. The van der Waals surface area contributed by atoms with Gasteiger partial charge in [0, 0.05) is 11.8 Å². The maximum Gasteiger partial charge on any atom is 0.240 e. The Balaban J connectivity index is 1.89. The van der Waals surface area contributed by atoms with Crippen LogP contribution in [0, 0.1) is 0 Å². The summed E-state index contributed by atoms with van der Waals surface area (Å²) in [7, 11) is -3.43. The van der Waals surface area contributed by atoms with Crippen molar-refractivity contribution in [1.82, 2.24) is 4.72 Å². The van der Waals surface area contributed by atoms with Crippen LogP contribution in [-0.4, -0.2) is 39.1 Å². The Morgan fingerprint density at radius 2 is 2.10 bits per heavy atom. The van der Waals surface area contributed by atoms with Crippen molar-refractivity contribution in [3.63, 3.8) is 0 Å². The van der Waals surface area contributed by atoms with E-state index in [1.807, 2.05) is 11.8 Å². The number of sulfonamides is 1. The van der Waals surface area contributed by atoms with Crippen molar-refractivity contribution in [2.24, 2.45) is 5.73 Å². The van der Waals surface area contributed by atoms with Gasteiger partial charge in [0.15, 0.2) is 0 Å². The van der Waals surface area contributed by atoms with Crippen molar-refractivity contribution in [3.8, 4) is 5.75 Å². The molecule has 7 heteroatoms. The topological polar surface area (TPSA) is 81.4 Å². The Kier molecular flexibility index (Phi) is 6.35. The zero-order valence-corrected chi connectivity index (χ0v) is 13.6. The molecule has 1 unspecified atom stereocenters. The molecule has 0 aliphatic carbocycles. The molecule has 1 aliphatic heterocycles. The van der Waals surface area contributed by atoms with Gasteiger partial charge in [-0.05, 0) is 55.8 Å². The van der Waals surface area contributed by atoms with Crippen LogP contribution in [-0.2, 0) is 10.0 Å². The molecule has 1 saturated heterocycles. The average molecular weight is 330 g/mol. The van der Waals surface area contributed by atoms with E-state index in [0.717, 1.165) is 18.6 Å². The van der Waals surface area contributed by atoms with Gasteiger partial charge in [-0.25, -0.2) is 13.1 Å². The van der Waals surface area contributed by atoms with Gasteiger partial charge in [-0.1, -0.05) is 0 Å². The smallest absolute Gasteiger partial charge is 0.240 e. The molecular weight excluding hydrogens is 308 g/mol. The molecule has 21 heavy (non-hydrogen) atoms. The minimum atomic E-state index is -3.43. The second-order valence-electron chi connectivity index (χ2n) is 4.95. The van der Waals surface area contributed by atoms with Crippen LogP contribution in [0.4, 0.5) is 0 Å². The second-order valence-corrected chi connectivity index (χ2v) is 8.12. The summed E-state index contributed by atoms with van der Waals surface area (Å²) in [5, 5.41) is 0.402. The number of nitrogens with two attached hydrogens (primary N) is 1. The van der Waals surface area contributed by atoms with E-state index in [-0.39, 0.29) is 4.90 Å². The van der Waals surface area contributed by atoms with Crippen molar-refractivity contribution in [2.45, 2.75) is 29.4 Å². The van der Waals surface area contributed by atoms with Gasteiger partial charge < -0.3 is 10.5 Å². The maximum atomic E-state index is 12.2. The monoisotopic (exact) mass is 330 g/mol. The summed E-state index contributed by atoms with van der Waals surface area (Å²) in [6.45, 7) is 1.62. The van der Waals surface area contributed by atoms with Crippen molar-refractivity contribution in [2.75, 3.05) is 25.4 Å². The lowest BCUT2D eigenvalue weighted by atomic mass is 10.2. The number of rotatable bonds is 8. The van der Waals surface area contributed by atoms with Crippen LogP contribution in [0.25, 0.3) is 0 Å². The van der Waals surface area contributed by atoms with Gasteiger partial charge in [-0.15, -0.1) is 0 Å². The first-order chi connectivity index (χ1) is 10.1.